The van der Waals surface area contributed by atoms with E-state index >= 15 is 0 Å². The summed E-state index contributed by atoms with van der Waals surface area (Å²) in [5, 5.41) is 13.2. The molecular weight excluding hydrogens is 230 g/mol. The van der Waals surface area contributed by atoms with Gasteiger partial charge in [-0.15, -0.1) is 0 Å². The van der Waals surface area contributed by atoms with Gasteiger partial charge >= 0.3 is 5.97 Å². The Morgan fingerprint density at radius 2 is 2.44 bits per heavy atom. The van der Waals surface area contributed by atoms with Crippen molar-refractivity contribution in [2.24, 2.45) is 11.1 Å². The predicted molar refractivity (Wildman–Crippen MR) is 59.7 cm³/mol. The monoisotopic (exact) mass is 239 g/mol. The number of oxime groups is 1. The maximum atomic E-state index is 10.7. The summed E-state index contributed by atoms with van der Waals surface area (Å²) in [6.45, 7) is 0.314. The maximum Gasteiger partial charge on any atom is 0.304 e. The molecule has 84 valence electrons. The number of hydrogen-bond acceptors (Lipinski definition) is 3. The van der Waals surface area contributed by atoms with Crippen molar-refractivity contribution in [2.45, 2.75) is 6.42 Å². The van der Waals surface area contributed by atoms with E-state index in [0.717, 1.165) is 5.56 Å². The summed E-state index contributed by atoms with van der Waals surface area (Å²) in [6.07, 6.45) is 0.0192. The molecule has 0 amide bonds. The molecule has 4 nitrogen and oxygen atoms in total. The maximum absolute atomic E-state index is 10.7. The number of benzene rings is 1. The van der Waals surface area contributed by atoms with E-state index < -0.39 is 5.97 Å². The van der Waals surface area contributed by atoms with Crippen molar-refractivity contribution in [3.05, 3.63) is 34.9 Å². The van der Waals surface area contributed by atoms with Gasteiger partial charge in [-0.05, 0) is 12.1 Å². The standard InChI is InChI=1S/C11H10ClNO3/c12-9-3-1-2-7(4-9)11-8(5-10(14)15)6-16-13-11/h1-4,8H,5-6H2,(H,14,15). The molecule has 1 aliphatic rings. The van der Waals surface area contributed by atoms with Gasteiger partial charge in [-0.25, -0.2) is 0 Å². The molecule has 5 heteroatoms. The number of carbonyl (C=O) groups is 1. The first kappa shape index (κ1) is 11.0. The number of hydrogen-bond donors (Lipinski definition) is 1. The molecule has 1 N–H and O–H groups in total. The number of nitrogens with zero attached hydrogens (tertiary/aromatic N) is 1. The van der Waals surface area contributed by atoms with Crippen molar-refractivity contribution >= 4 is 23.3 Å². The van der Waals surface area contributed by atoms with Gasteiger partial charge in [0.05, 0.1) is 18.1 Å². The van der Waals surface area contributed by atoms with Crippen molar-refractivity contribution in [1.82, 2.24) is 0 Å². The SMILES string of the molecule is O=C(O)CC1CON=C1c1cccc(Cl)c1. The highest BCUT2D eigenvalue weighted by Crippen LogP contribution is 2.22. The van der Waals surface area contributed by atoms with Crippen LogP contribution in [0, 0.1) is 5.92 Å². The van der Waals surface area contributed by atoms with Crippen molar-refractivity contribution in [3.63, 3.8) is 0 Å². The minimum atomic E-state index is -0.856. The van der Waals surface area contributed by atoms with E-state index in [0.29, 0.717) is 17.3 Å². The third kappa shape index (κ3) is 2.33. The highest BCUT2D eigenvalue weighted by atomic mass is 35.5. The van der Waals surface area contributed by atoms with Crippen LogP contribution in [0.15, 0.2) is 29.4 Å². The lowest BCUT2D eigenvalue weighted by Gasteiger charge is -2.07. The molecule has 1 atom stereocenters. The number of carboxylic acid groups (broad SMARTS) is 1. The summed E-state index contributed by atoms with van der Waals surface area (Å²) in [4.78, 5) is 15.6. The van der Waals surface area contributed by atoms with E-state index in [9.17, 15) is 4.79 Å². The highest BCUT2D eigenvalue weighted by Gasteiger charge is 2.27. The summed E-state index contributed by atoms with van der Waals surface area (Å²) in [5.74, 6) is -1.05. The first-order valence-corrected chi connectivity index (χ1v) is 5.22. The Bertz CT molecular complexity index is 445. The van der Waals surface area contributed by atoms with Gasteiger partial charge in [0.1, 0.15) is 6.61 Å². The van der Waals surface area contributed by atoms with E-state index in [1.54, 1.807) is 18.2 Å². The molecular formula is C11H10ClNO3. The Hall–Kier alpha value is -1.55. The second-order valence-corrected chi connectivity index (χ2v) is 4.01. The van der Waals surface area contributed by atoms with Crippen LogP contribution in [0.5, 0.6) is 0 Å². The van der Waals surface area contributed by atoms with Gasteiger partial charge in [0, 0.05) is 10.6 Å². The fourth-order valence-electron chi connectivity index (χ4n) is 1.65. The van der Waals surface area contributed by atoms with Crippen LogP contribution in [-0.4, -0.2) is 23.4 Å². The summed E-state index contributed by atoms with van der Waals surface area (Å²) >= 11 is 5.86. The minimum absolute atomic E-state index is 0.0192. The van der Waals surface area contributed by atoms with Gasteiger partial charge in [0.2, 0.25) is 0 Å². The van der Waals surface area contributed by atoms with E-state index in [2.05, 4.69) is 5.16 Å². The number of halogens is 1. The van der Waals surface area contributed by atoms with Crippen LogP contribution in [0.3, 0.4) is 0 Å². The largest absolute Gasteiger partial charge is 0.481 e. The van der Waals surface area contributed by atoms with Crippen molar-refractivity contribution in [3.8, 4) is 0 Å². The molecule has 0 saturated carbocycles. The van der Waals surface area contributed by atoms with Gasteiger partial charge < -0.3 is 9.94 Å². The zero-order valence-electron chi connectivity index (χ0n) is 8.39. The third-order valence-electron chi connectivity index (χ3n) is 2.37. The zero-order chi connectivity index (χ0) is 11.5. The summed E-state index contributed by atoms with van der Waals surface area (Å²) in [6, 6.07) is 7.15. The van der Waals surface area contributed by atoms with Crippen LogP contribution in [0.25, 0.3) is 0 Å². The minimum Gasteiger partial charge on any atom is -0.481 e. The van der Waals surface area contributed by atoms with Crippen molar-refractivity contribution in [1.29, 1.82) is 0 Å². The van der Waals surface area contributed by atoms with E-state index in [1.807, 2.05) is 6.07 Å². The first-order valence-electron chi connectivity index (χ1n) is 4.84. The number of aliphatic carboxylic acids is 1. The average molecular weight is 240 g/mol. The van der Waals surface area contributed by atoms with Gasteiger partial charge in [-0.2, -0.15) is 0 Å². The molecule has 1 heterocycles. The lowest BCUT2D eigenvalue weighted by atomic mass is 9.95. The van der Waals surface area contributed by atoms with Gasteiger partial charge in [0.15, 0.2) is 0 Å². The van der Waals surface area contributed by atoms with Crippen LogP contribution >= 0.6 is 11.6 Å². The molecule has 1 aliphatic heterocycles. The van der Waals surface area contributed by atoms with Gasteiger partial charge in [0.25, 0.3) is 0 Å². The van der Waals surface area contributed by atoms with Crippen LogP contribution in [0.4, 0.5) is 0 Å². The summed E-state index contributed by atoms with van der Waals surface area (Å²) in [7, 11) is 0. The Labute approximate surface area is 97.5 Å². The lowest BCUT2D eigenvalue weighted by Crippen LogP contribution is -2.18. The molecule has 0 aromatic heterocycles. The molecule has 1 aromatic rings. The van der Waals surface area contributed by atoms with Crippen LogP contribution in [0.2, 0.25) is 5.02 Å². The highest BCUT2D eigenvalue weighted by molar-refractivity contribution is 6.31. The molecule has 0 fully saturated rings. The molecule has 0 bridgehead atoms. The van der Waals surface area contributed by atoms with Gasteiger partial charge in [-0.3, -0.25) is 4.79 Å². The fraction of sp³-hybridized carbons (Fsp3) is 0.273. The molecule has 0 saturated heterocycles. The Kier molecular flexibility index (Phi) is 3.10. The smallest absolute Gasteiger partial charge is 0.304 e. The topological polar surface area (TPSA) is 58.9 Å². The first-order chi connectivity index (χ1) is 7.66. The van der Waals surface area contributed by atoms with Crippen LogP contribution < -0.4 is 0 Å². The predicted octanol–water partition coefficient (Wildman–Crippen LogP) is 2.17. The van der Waals surface area contributed by atoms with E-state index in [4.69, 9.17) is 21.5 Å². The molecule has 0 spiro atoms. The van der Waals surface area contributed by atoms with Crippen LogP contribution in [0.1, 0.15) is 12.0 Å². The molecule has 1 aromatic carbocycles. The van der Waals surface area contributed by atoms with Crippen molar-refractivity contribution < 1.29 is 14.7 Å². The summed E-state index contributed by atoms with van der Waals surface area (Å²) < 4.78 is 0. The average Bonchev–Trinajstić information content (AvgIpc) is 2.65. The normalized spacial score (nSPS) is 19.1. The third-order valence-corrected chi connectivity index (χ3v) is 2.60. The molecule has 2 rings (SSSR count). The fourth-order valence-corrected chi connectivity index (χ4v) is 1.84. The number of carboxylic acids is 1. The number of rotatable bonds is 3. The lowest BCUT2D eigenvalue weighted by molar-refractivity contribution is -0.137. The quantitative estimate of drug-likeness (QED) is 0.879. The second-order valence-electron chi connectivity index (χ2n) is 3.58. The van der Waals surface area contributed by atoms with E-state index in [1.165, 1.54) is 0 Å². The molecule has 0 radical (unpaired) electrons. The Morgan fingerprint density at radius 3 is 3.12 bits per heavy atom. The Balaban J connectivity index is 2.23. The van der Waals surface area contributed by atoms with Crippen LogP contribution in [-0.2, 0) is 9.63 Å². The summed E-state index contributed by atoms with van der Waals surface area (Å²) in [5.41, 5.74) is 1.47. The second kappa shape index (κ2) is 4.53. The van der Waals surface area contributed by atoms with Crippen molar-refractivity contribution in [2.75, 3.05) is 6.61 Å². The Morgan fingerprint density at radius 1 is 1.62 bits per heavy atom. The van der Waals surface area contributed by atoms with E-state index in [-0.39, 0.29) is 12.3 Å². The van der Waals surface area contributed by atoms with Gasteiger partial charge in [-0.1, -0.05) is 28.9 Å². The molecule has 0 aliphatic carbocycles. The zero-order valence-corrected chi connectivity index (χ0v) is 9.15. The molecule has 1 unspecified atom stereocenters. The molecule has 16 heavy (non-hydrogen) atoms.